The Morgan fingerprint density at radius 2 is 1.94 bits per heavy atom. The average Bonchev–Trinajstić information content (AvgIpc) is 3.87. The largest absolute Gasteiger partial charge is 0.383 e. The number of nitrogens with one attached hydrogen (secondary N) is 2. The second kappa shape index (κ2) is 13.1. The molecule has 1 aromatic carbocycles. The van der Waals surface area contributed by atoms with Crippen LogP contribution in [0.2, 0.25) is 0 Å². The quantitative estimate of drug-likeness (QED) is 0.226. The molecule has 0 unspecified atom stereocenters. The maximum Gasteiger partial charge on any atom is 0.320 e. The second-order valence-electron chi connectivity index (χ2n) is 11.8. The number of pyridine rings is 2. The number of rotatable bonds is 9. The number of aryl methyl sites for hydroxylation is 1. The van der Waals surface area contributed by atoms with E-state index in [0.29, 0.717) is 36.8 Å². The van der Waals surface area contributed by atoms with Crippen LogP contribution < -0.4 is 15.5 Å². The molecule has 2 aliphatic heterocycles. The summed E-state index contributed by atoms with van der Waals surface area (Å²) >= 11 is 0. The lowest BCUT2D eigenvalue weighted by atomic mass is 10.0. The van der Waals surface area contributed by atoms with Gasteiger partial charge >= 0.3 is 6.03 Å². The Balaban J connectivity index is 1.19. The van der Waals surface area contributed by atoms with Gasteiger partial charge in [-0.05, 0) is 55.7 Å². The molecular formula is C33H37FN10O3. The number of benzene rings is 1. The first kappa shape index (κ1) is 30.7. The van der Waals surface area contributed by atoms with E-state index >= 15 is 0 Å². The summed E-state index contributed by atoms with van der Waals surface area (Å²) in [7, 11) is 3.60. The van der Waals surface area contributed by atoms with Crippen LogP contribution in [0.4, 0.5) is 21.0 Å². The van der Waals surface area contributed by atoms with Gasteiger partial charge in [-0.3, -0.25) is 14.7 Å². The smallest absolute Gasteiger partial charge is 0.320 e. The standard InChI is InChI=1S/C33H37FN10O3/c1-21-28(23-17-25-31(36-19-23)41(2)33(38-25)42-13-7-8-14-42)40-44(24-9-5-4-6-10-24)30(21)39-32(45)37-26-20-43(15-16-46-3)47-29(26)22-11-12-35-27(34)18-22/h4-6,9-12,17-19,26,29H,7-8,13-16,20H2,1-3H3,(H2,37,39,45)/t26-,29+/m1/s1. The van der Waals surface area contributed by atoms with Crippen molar-refractivity contribution in [2.45, 2.75) is 31.9 Å². The fraction of sp³-hybridized carbons (Fsp3) is 0.364. The van der Waals surface area contributed by atoms with Gasteiger partial charge in [0.05, 0.1) is 24.0 Å². The number of ether oxygens (including phenoxy) is 1. The minimum atomic E-state index is -0.620. The summed E-state index contributed by atoms with van der Waals surface area (Å²) in [4.78, 5) is 35.4. The van der Waals surface area contributed by atoms with E-state index in [1.165, 1.54) is 12.3 Å². The molecule has 244 valence electrons. The van der Waals surface area contributed by atoms with E-state index < -0.39 is 24.1 Å². The number of para-hydroxylation sites is 1. The molecule has 2 amide bonds. The summed E-state index contributed by atoms with van der Waals surface area (Å²) in [5, 5.41) is 12.8. The van der Waals surface area contributed by atoms with Gasteiger partial charge in [-0.2, -0.15) is 14.6 Å². The van der Waals surface area contributed by atoms with Crippen LogP contribution >= 0.6 is 0 Å². The molecule has 0 spiro atoms. The van der Waals surface area contributed by atoms with Gasteiger partial charge in [0.1, 0.15) is 17.4 Å². The molecule has 47 heavy (non-hydrogen) atoms. The zero-order chi connectivity index (χ0) is 32.5. The molecule has 4 aromatic heterocycles. The molecule has 7 rings (SSSR count). The fourth-order valence-corrected chi connectivity index (χ4v) is 6.32. The van der Waals surface area contributed by atoms with E-state index in [9.17, 15) is 9.18 Å². The number of hydroxylamine groups is 2. The SMILES string of the molecule is COCCN1C[C@@H](NC(=O)Nc2c(C)c(-c3cnc4c(c3)nc(N3CCCC3)n4C)nn2-c2ccccc2)[C@H](c2ccnc(F)c2)O1. The van der Waals surface area contributed by atoms with Crippen LogP contribution in [0.25, 0.3) is 28.1 Å². The molecule has 2 atom stereocenters. The number of hydrogen-bond donors (Lipinski definition) is 2. The summed E-state index contributed by atoms with van der Waals surface area (Å²) in [6, 6.07) is 13.7. The van der Waals surface area contributed by atoms with Gasteiger partial charge in [-0.15, -0.1) is 0 Å². The van der Waals surface area contributed by atoms with Crippen LogP contribution in [0.15, 0.2) is 60.9 Å². The van der Waals surface area contributed by atoms with Crippen molar-refractivity contribution in [1.82, 2.24) is 39.7 Å². The molecule has 2 N–H and O–H groups in total. The number of urea groups is 1. The van der Waals surface area contributed by atoms with Crippen molar-refractivity contribution in [1.29, 1.82) is 0 Å². The predicted octanol–water partition coefficient (Wildman–Crippen LogP) is 4.39. The van der Waals surface area contributed by atoms with Gasteiger partial charge in [0.25, 0.3) is 0 Å². The number of carbonyl (C=O) groups is 1. The first-order valence-corrected chi connectivity index (χ1v) is 15.7. The van der Waals surface area contributed by atoms with E-state index in [1.807, 2.05) is 54.9 Å². The number of aromatic nitrogens is 6. The van der Waals surface area contributed by atoms with Crippen molar-refractivity contribution < 1.29 is 18.8 Å². The number of anilines is 2. The van der Waals surface area contributed by atoms with E-state index in [1.54, 1.807) is 29.1 Å². The van der Waals surface area contributed by atoms with Crippen LogP contribution in [0.3, 0.4) is 0 Å². The Bertz CT molecular complexity index is 1890. The molecule has 0 aliphatic carbocycles. The van der Waals surface area contributed by atoms with E-state index in [4.69, 9.17) is 24.6 Å². The Kier molecular flexibility index (Phi) is 8.54. The average molecular weight is 641 g/mol. The lowest BCUT2D eigenvalue weighted by molar-refractivity contribution is -0.154. The van der Waals surface area contributed by atoms with E-state index in [2.05, 4.69) is 20.5 Å². The van der Waals surface area contributed by atoms with Crippen LogP contribution in [0.5, 0.6) is 0 Å². The van der Waals surface area contributed by atoms with Gasteiger partial charge in [0, 0.05) is 63.9 Å². The number of imidazole rings is 1. The van der Waals surface area contributed by atoms with Crippen molar-refractivity contribution in [2.75, 3.05) is 50.1 Å². The van der Waals surface area contributed by atoms with Crippen molar-refractivity contribution in [3.8, 4) is 16.9 Å². The lowest BCUT2D eigenvalue weighted by Gasteiger charge is -2.19. The van der Waals surface area contributed by atoms with Crippen LogP contribution in [-0.2, 0) is 16.6 Å². The normalized spacial score (nSPS) is 18.3. The van der Waals surface area contributed by atoms with Gasteiger partial charge < -0.3 is 15.0 Å². The summed E-state index contributed by atoms with van der Waals surface area (Å²) in [6.45, 7) is 5.19. The van der Waals surface area contributed by atoms with Gasteiger partial charge in [-0.1, -0.05) is 18.2 Å². The predicted molar refractivity (Wildman–Crippen MR) is 175 cm³/mol. The monoisotopic (exact) mass is 640 g/mol. The molecule has 2 aliphatic rings. The molecule has 5 aromatic rings. The molecular weight excluding hydrogens is 603 g/mol. The number of amides is 2. The van der Waals surface area contributed by atoms with Crippen molar-refractivity contribution in [3.05, 3.63) is 78.0 Å². The van der Waals surface area contributed by atoms with Crippen molar-refractivity contribution in [3.63, 3.8) is 0 Å². The third kappa shape index (κ3) is 6.14. The first-order chi connectivity index (χ1) is 22.9. The minimum Gasteiger partial charge on any atom is -0.383 e. The Morgan fingerprint density at radius 1 is 1.13 bits per heavy atom. The molecule has 6 heterocycles. The topological polar surface area (TPSA) is 127 Å². The number of nitrogens with zero attached hydrogens (tertiary/aromatic N) is 8. The van der Waals surface area contributed by atoms with Crippen LogP contribution in [0.1, 0.15) is 30.1 Å². The summed E-state index contributed by atoms with van der Waals surface area (Å²) in [5.74, 6) is 0.798. The highest BCUT2D eigenvalue weighted by atomic mass is 19.1. The molecule has 13 nitrogen and oxygen atoms in total. The Hall–Kier alpha value is -4.92. The van der Waals surface area contributed by atoms with Crippen molar-refractivity contribution in [2.24, 2.45) is 7.05 Å². The fourth-order valence-electron chi connectivity index (χ4n) is 6.32. The summed E-state index contributed by atoms with van der Waals surface area (Å²) < 4.78 is 23.0. The number of carbonyl (C=O) groups excluding carboxylic acids is 1. The Morgan fingerprint density at radius 3 is 2.70 bits per heavy atom. The van der Waals surface area contributed by atoms with Crippen LogP contribution in [0, 0.1) is 12.9 Å². The molecule has 0 radical (unpaired) electrons. The van der Waals surface area contributed by atoms with Gasteiger partial charge in [-0.25, -0.2) is 24.4 Å². The highest BCUT2D eigenvalue weighted by molar-refractivity contribution is 5.91. The zero-order valence-corrected chi connectivity index (χ0v) is 26.6. The molecule has 0 bridgehead atoms. The van der Waals surface area contributed by atoms with E-state index in [0.717, 1.165) is 59.9 Å². The number of methoxy groups -OCH3 is 1. The summed E-state index contributed by atoms with van der Waals surface area (Å²) in [6.07, 6.45) is 4.88. The zero-order valence-electron chi connectivity index (χ0n) is 26.6. The Labute approximate surface area is 271 Å². The number of halogens is 1. The third-order valence-electron chi connectivity index (χ3n) is 8.67. The minimum absolute atomic E-state index is 0.378. The second-order valence-corrected chi connectivity index (χ2v) is 11.8. The highest BCUT2D eigenvalue weighted by Crippen LogP contribution is 2.33. The van der Waals surface area contributed by atoms with Gasteiger partial charge in [0.15, 0.2) is 5.65 Å². The number of fused-ring (bicyclic) bond motifs is 1. The first-order valence-electron chi connectivity index (χ1n) is 15.7. The summed E-state index contributed by atoms with van der Waals surface area (Å²) in [5.41, 5.74) is 5.16. The third-order valence-corrected chi connectivity index (χ3v) is 8.67. The van der Waals surface area contributed by atoms with Crippen LogP contribution in [-0.4, -0.2) is 86.3 Å². The maximum absolute atomic E-state index is 14.0. The van der Waals surface area contributed by atoms with Gasteiger partial charge in [0.2, 0.25) is 11.9 Å². The van der Waals surface area contributed by atoms with E-state index in [-0.39, 0.29) is 0 Å². The maximum atomic E-state index is 14.0. The lowest BCUT2D eigenvalue weighted by Crippen LogP contribution is -2.42. The molecule has 2 fully saturated rings. The van der Waals surface area contributed by atoms with Crippen molar-refractivity contribution >= 4 is 29.0 Å². The molecule has 0 saturated carbocycles. The highest BCUT2D eigenvalue weighted by Gasteiger charge is 2.37. The number of hydrogen-bond acceptors (Lipinski definition) is 9. The molecule has 14 heteroatoms. The molecule has 2 saturated heterocycles.